The van der Waals surface area contributed by atoms with Gasteiger partial charge in [0.15, 0.2) is 0 Å². The maximum absolute atomic E-state index is 13.7. The third-order valence-electron chi connectivity index (χ3n) is 6.18. The fourth-order valence-electron chi connectivity index (χ4n) is 4.52. The van der Waals surface area contributed by atoms with E-state index in [-0.39, 0.29) is 16.5 Å². The standard InChI is InChI=1S/C23H26Cl2FN3O/c1-15-6-7-18(10-20(15)24)27-8-3-9-28-11-16-13-29(14-17(16)12-28)23(30)19-4-2-5-21(26)22(19)25/h2,4-7,10,16-17,27H,3,8-9,11-14H2,1H3. The normalized spacial score (nSPS) is 21.1. The smallest absolute Gasteiger partial charge is 0.255 e. The highest BCUT2D eigenvalue weighted by molar-refractivity contribution is 6.34. The van der Waals surface area contributed by atoms with Gasteiger partial charge in [-0.15, -0.1) is 0 Å². The number of nitrogens with zero attached hydrogens (tertiary/aromatic N) is 2. The van der Waals surface area contributed by atoms with E-state index < -0.39 is 5.82 Å². The van der Waals surface area contributed by atoms with Crippen LogP contribution in [0.15, 0.2) is 36.4 Å². The number of aryl methyl sites for hydroxylation is 1. The van der Waals surface area contributed by atoms with Gasteiger partial charge in [-0.3, -0.25) is 4.79 Å². The van der Waals surface area contributed by atoms with Gasteiger partial charge in [0, 0.05) is 43.4 Å². The molecule has 4 nitrogen and oxygen atoms in total. The minimum atomic E-state index is -0.547. The van der Waals surface area contributed by atoms with E-state index in [2.05, 4.69) is 16.3 Å². The van der Waals surface area contributed by atoms with E-state index in [9.17, 15) is 9.18 Å². The van der Waals surface area contributed by atoms with Crippen molar-refractivity contribution in [3.05, 3.63) is 63.4 Å². The number of rotatable bonds is 6. The molecule has 0 saturated carbocycles. The Hall–Kier alpha value is -1.82. The van der Waals surface area contributed by atoms with Gasteiger partial charge in [0.05, 0.1) is 10.6 Å². The third-order valence-corrected chi connectivity index (χ3v) is 6.97. The quantitative estimate of drug-likeness (QED) is 0.633. The highest BCUT2D eigenvalue weighted by atomic mass is 35.5. The van der Waals surface area contributed by atoms with Crippen LogP contribution >= 0.6 is 23.2 Å². The Balaban J connectivity index is 1.22. The Morgan fingerprint density at radius 2 is 1.87 bits per heavy atom. The molecule has 1 N–H and O–H groups in total. The van der Waals surface area contributed by atoms with Gasteiger partial charge in [-0.25, -0.2) is 4.39 Å². The van der Waals surface area contributed by atoms with Crippen LogP contribution in [0.5, 0.6) is 0 Å². The molecule has 160 valence electrons. The Morgan fingerprint density at radius 1 is 1.13 bits per heavy atom. The van der Waals surface area contributed by atoms with Crippen LogP contribution in [0.3, 0.4) is 0 Å². The fourth-order valence-corrected chi connectivity index (χ4v) is 4.90. The molecule has 2 aliphatic heterocycles. The average Bonchev–Trinajstić information content (AvgIpc) is 3.28. The van der Waals surface area contributed by atoms with Gasteiger partial charge in [-0.05, 0) is 61.6 Å². The molecule has 30 heavy (non-hydrogen) atoms. The summed E-state index contributed by atoms with van der Waals surface area (Å²) in [5.41, 5.74) is 2.39. The number of fused-ring (bicyclic) bond motifs is 1. The first kappa shape index (κ1) is 21.4. The number of nitrogens with one attached hydrogen (secondary N) is 1. The van der Waals surface area contributed by atoms with Crippen molar-refractivity contribution in [3.63, 3.8) is 0 Å². The number of hydrogen-bond acceptors (Lipinski definition) is 3. The Kier molecular flexibility index (Phi) is 6.51. The van der Waals surface area contributed by atoms with E-state index in [0.29, 0.717) is 24.9 Å². The van der Waals surface area contributed by atoms with Gasteiger partial charge in [0.25, 0.3) is 5.91 Å². The second kappa shape index (κ2) is 9.13. The summed E-state index contributed by atoms with van der Waals surface area (Å²) in [7, 11) is 0. The van der Waals surface area contributed by atoms with E-state index in [1.807, 2.05) is 24.0 Å². The molecule has 0 aromatic heterocycles. The summed E-state index contributed by atoms with van der Waals surface area (Å²) in [5.74, 6) is 0.242. The molecular formula is C23H26Cl2FN3O. The second-order valence-electron chi connectivity index (χ2n) is 8.34. The highest BCUT2D eigenvalue weighted by Crippen LogP contribution is 2.33. The van der Waals surface area contributed by atoms with Gasteiger partial charge in [0.1, 0.15) is 5.82 Å². The minimum Gasteiger partial charge on any atom is -0.385 e. The summed E-state index contributed by atoms with van der Waals surface area (Å²) in [6.07, 6.45) is 1.05. The molecule has 2 unspecified atom stereocenters. The summed E-state index contributed by atoms with van der Waals surface area (Å²) in [6, 6.07) is 10.5. The van der Waals surface area contributed by atoms with Crippen molar-refractivity contribution >= 4 is 34.8 Å². The molecule has 4 rings (SSSR count). The SMILES string of the molecule is Cc1ccc(NCCCN2CC3CN(C(=O)c4cccc(F)c4Cl)CC3C2)cc1Cl. The minimum absolute atomic E-state index is 0.0800. The van der Waals surface area contributed by atoms with Gasteiger partial charge < -0.3 is 15.1 Å². The first-order valence-electron chi connectivity index (χ1n) is 10.4. The fraction of sp³-hybridized carbons (Fsp3) is 0.435. The summed E-state index contributed by atoms with van der Waals surface area (Å²) in [5, 5.41) is 4.13. The van der Waals surface area contributed by atoms with Gasteiger partial charge in [-0.1, -0.05) is 35.3 Å². The molecule has 0 spiro atoms. The van der Waals surface area contributed by atoms with Crippen molar-refractivity contribution in [2.45, 2.75) is 13.3 Å². The molecule has 7 heteroatoms. The molecule has 2 aromatic carbocycles. The van der Waals surface area contributed by atoms with Crippen LogP contribution in [0.25, 0.3) is 0 Å². The largest absolute Gasteiger partial charge is 0.385 e. The number of hydrogen-bond donors (Lipinski definition) is 1. The predicted molar refractivity (Wildman–Crippen MR) is 120 cm³/mol. The summed E-state index contributed by atoms with van der Waals surface area (Å²) < 4.78 is 13.7. The van der Waals surface area contributed by atoms with E-state index in [1.54, 1.807) is 6.07 Å². The number of carbonyl (C=O) groups excluding carboxylic acids is 1. The monoisotopic (exact) mass is 449 g/mol. The van der Waals surface area contributed by atoms with Crippen molar-refractivity contribution in [3.8, 4) is 0 Å². The maximum atomic E-state index is 13.7. The molecule has 0 radical (unpaired) electrons. The van der Waals surface area contributed by atoms with Crippen LogP contribution in [0.4, 0.5) is 10.1 Å². The lowest BCUT2D eigenvalue weighted by atomic mass is 10.0. The number of benzene rings is 2. The van der Waals surface area contributed by atoms with E-state index in [1.165, 1.54) is 12.1 Å². The molecule has 0 aliphatic carbocycles. The molecule has 2 aromatic rings. The maximum Gasteiger partial charge on any atom is 0.255 e. The molecule has 2 heterocycles. The van der Waals surface area contributed by atoms with Crippen molar-refractivity contribution in [2.24, 2.45) is 11.8 Å². The van der Waals surface area contributed by atoms with Crippen molar-refractivity contribution in [1.29, 1.82) is 0 Å². The Morgan fingerprint density at radius 3 is 2.57 bits per heavy atom. The van der Waals surface area contributed by atoms with Crippen molar-refractivity contribution in [1.82, 2.24) is 9.80 Å². The number of likely N-dealkylation sites (tertiary alicyclic amines) is 2. The van der Waals surface area contributed by atoms with Gasteiger partial charge >= 0.3 is 0 Å². The summed E-state index contributed by atoms with van der Waals surface area (Å²) in [4.78, 5) is 17.1. The summed E-state index contributed by atoms with van der Waals surface area (Å²) in [6.45, 7) is 7.36. The topological polar surface area (TPSA) is 35.6 Å². The predicted octanol–water partition coefficient (Wildman–Crippen LogP) is 4.95. The zero-order chi connectivity index (χ0) is 21.3. The Labute approximate surface area is 186 Å². The van der Waals surface area contributed by atoms with Crippen LogP contribution < -0.4 is 5.32 Å². The second-order valence-corrected chi connectivity index (χ2v) is 9.12. The van der Waals surface area contributed by atoms with Crippen LogP contribution in [0, 0.1) is 24.6 Å². The molecule has 0 bridgehead atoms. The van der Waals surface area contributed by atoms with E-state index in [0.717, 1.165) is 48.9 Å². The number of halogens is 3. The molecule has 2 aliphatic rings. The first-order chi connectivity index (χ1) is 14.4. The number of carbonyl (C=O) groups is 1. The molecule has 1 amide bonds. The zero-order valence-corrected chi connectivity index (χ0v) is 18.5. The van der Waals surface area contributed by atoms with Crippen LogP contribution in [-0.2, 0) is 0 Å². The molecule has 2 atom stereocenters. The number of anilines is 1. The third kappa shape index (κ3) is 4.58. The van der Waals surface area contributed by atoms with Gasteiger partial charge in [0.2, 0.25) is 0 Å². The van der Waals surface area contributed by atoms with Gasteiger partial charge in [-0.2, -0.15) is 0 Å². The van der Waals surface area contributed by atoms with E-state index >= 15 is 0 Å². The lowest BCUT2D eigenvalue weighted by molar-refractivity contribution is 0.0774. The average molecular weight is 450 g/mol. The first-order valence-corrected chi connectivity index (χ1v) is 11.1. The Bertz CT molecular complexity index is 925. The lowest BCUT2D eigenvalue weighted by Crippen LogP contribution is -2.34. The van der Waals surface area contributed by atoms with Crippen molar-refractivity contribution < 1.29 is 9.18 Å². The zero-order valence-electron chi connectivity index (χ0n) is 17.0. The van der Waals surface area contributed by atoms with E-state index in [4.69, 9.17) is 23.2 Å². The molecular weight excluding hydrogens is 424 g/mol. The van der Waals surface area contributed by atoms with Crippen LogP contribution in [-0.4, -0.2) is 55.0 Å². The van der Waals surface area contributed by atoms with Crippen LogP contribution in [0.1, 0.15) is 22.3 Å². The highest BCUT2D eigenvalue weighted by Gasteiger charge is 2.41. The van der Waals surface area contributed by atoms with Crippen LogP contribution in [0.2, 0.25) is 10.0 Å². The number of amides is 1. The molecule has 2 saturated heterocycles. The van der Waals surface area contributed by atoms with Crippen molar-refractivity contribution in [2.75, 3.05) is 44.6 Å². The summed E-state index contributed by atoms with van der Waals surface area (Å²) >= 11 is 12.2. The molecule has 2 fully saturated rings. The lowest BCUT2D eigenvalue weighted by Gasteiger charge is -2.22.